The number of aryl methyl sites for hydroxylation is 1. The van der Waals surface area contributed by atoms with Gasteiger partial charge in [0, 0.05) is 10.9 Å². The highest BCUT2D eigenvalue weighted by atomic mass is 35.5. The molecule has 0 saturated heterocycles. The van der Waals surface area contributed by atoms with Gasteiger partial charge in [-0.05, 0) is 36.8 Å². The second-order valence-electron chi connectivity index (χ2n) is 4.85. The molecule has 0 aliphatic heterocycles. The van der Waals surface area contributed by atoms with Crippen LogP contribution >= 0.6 is 23.2 Å². The standard InChI is InChI=1S/C17H13Cl2NO/c1-11-6-7-14(18)16(8-11)21-10-13-9-12-4-2-3-5-15(12)20-17(13)19/h2-9H,10H2,1H3. The predicted molar refractivity (Wildman–Crippen MR) is 87.3 cm³/mol. The molecule has 0 fully saturated rings. The topological polar surface area (TPSA) is 22.1 Å². The van der Waals surface area contributed by atoms with Crippen molar-refractivity contribution < 1.29 is 4.74 Å². The Morgan fingerprint density at radius 3 is 2.71 bits per heavy atom. The zero-order chi connectivity index (χ0) is 14.8. The number of hydrogen-bond donors (Lipinski definition) is 0. The Morgan fingerprint density at radius 1 is 1.05 bits per heavy atom. The Bertz CT molecular complexity index is 802. The maximum atomic E-state index is 6.22. The minimum atomic E-state index is 0.333. The van der Waals surface area contributed by atoms with Gasteiger partial charge in [-0.25, -0.2) is 4.98 Å². The van der Waals surface area contributed by atoms with E-state index in [1.54, 1.807) is 0 Å². The molecule has 0 atom stereocenters. The summed E-state index contributed by atoms with van der Waals surface area (Å²) < 4.78 is 5.78. The lowest BCUT2D eigenvalue weighted by molar-refractivity contribution is 0.306. The van der Waals surface area contributed by atoms with E-state index >= 15 is 0 Å². The Hall–Kier alpha value is -1.77. The number of para-hydroxylation sites is 1. The molecule has 0 radical (unpaired) electrons. The van der Waals surface area contributed by atoms with Gasteiger partial charge in [-0.15, -0.1) is 0 Å². The average Bonchev–Trinajstić information content (AvgIpc) is 2.48. The summed E-state index contributed by atoms with van der Waals surface area (Å²) in [6, 6.07) is 15.5. The van der Waals surface area contributed by atoms with E-state index in [0.717, 1.165) is 22.0 Å². The fourth-order valence-electron chi connectivity index (χ4n) is 2.11. The minimum absolute atomic E-state index is 0.333. The van der Waals surface area contributed by atoms with Gasteiger partial charge >= 0.3 is 0 Å². The van der Waals surface area contributed by atoms with Crippen LogP contribution in [0.5, 0.6) is 5.75 Å². The first-order valence-corrected chi connectivity index (χ1v) is 7.32. The Kier molecular flexibility index (Phi) is 4.00. The maximum absolute atomic E-state index is 6.22. The summed E-state index contributed by atoms with van der Waals surface area (Å²) in [5, 5.41) is 2.08. The number of ether oxygens (including phenoxy) is 1. The summed E-state index contributed by atoms with van der Waals surface area (Å²) in [5.41, 5.74) is 2.81. The zero-order valence-corrected chi connectivity index (χ0v) is 12.9. The van der Waals surface area contributed by atoms with Crippen molar-refractivity contribution >= 4 is 34.1 Å². The molecular formula is C17H13Cl2NO. The molecule has 1 aromatic heterocycles. The second kappa shape index (κ2) is 5.92. The number of pyridine rings is 1. The van der Waals surface area contributed by atoms with Gasteiger partial charge in [0.25, 0.3) is 0 Å². The van der Waals surface area contributed by atoms with Gasteiger partial charge in [-0.1, -0.05) is 47.5 Å². The van der Waals surface area contributed by atoms with Crippen LogP contribution in [0, 0.1) is 6.92 Å². The third-order valence-corrected chi connectivity index (χ3v) is 3.86. The normalized spacial score (nSPS) is 10.8. The number of halogens is 2. The molecule has 106 valence electrons. The van der Waals surface area contributed by atoms with E-state index < -0.39 is 0 Å². The van der Waals surface area contributed by atoms with E-state index in [-0.39, 0.29) is 0 Å². The molecule has 0 saturated carbocycles. The van der Waals surface area contributed by atoms with Crippen molar-refractivity contribution in [3.05, 3.63) is 69.8 Å². The SMILES string of the molecule is Cc1ccc(Cl)c(OCc2cc3ccccc3nc2Cl)c1. The van der Waals surface area contributed by atoms with E-state index in [9.17, 15) is 0 Å². The number of fused-ring (bicyclic) bond motifs is 1. The quantitative estimate of drug-likeness (QED) is 0.601. The third-order valence-electron chi connectivity index (χ3n) is 3.22. The van der Waals surface area contributed by atoms with Crippen molar-refractivity contribution in [2.24, 2.45) is 0 Å². The molecule has 0 N–H and O–H groups in total. The fourth-order valence-corrected chi connectivity index (χ4v) is 2.49. The first-order valence-electron chi connectivity index (χ1n) is 6.56. The highest BCUT2D eigenvalue weighted by Gasteiger charge is 2.07. The highest BCUT2D eigenvalue weighted by Crippen LogP contribution is 2.27. The molecule has 21 heavy (non-hydrogen) atoms. The van der Waals surface area contributed by atoms with Crippen LogP contribution in [0.2, 0.25) is 10.2 Å². The average molecular weight is 318 g/mol. The van der Waals surface area contributed by atoms with Crippen LogP contribution in [0.3, 0.4) is 0 Å². The van der Waals surface area contributed by atoms with Crippen LogP contribution in [0.4, 0.5) is 0 Å². The molecule has 3 rings (SSSR count). The van der Waals surface area contributed by atoms with Crippen molar-refractivity contribution in [1.29, 1.82) is 0 Å². The minimum Gasteiger partial charge on any atom is -0.487 e. The first kappa shape index (κ1) is 14.2. The van der Waals surface area contributed by atoms with E-state index in [0.29, 0.717) is 22.5 Å². The smallest absolute Gasteiger partial charge is 0.138 e. The number of nitrogens with zero attached hydrogens (tertiary/aromatic N) is 1. The van der Waals surface area contributed by atoms with Crippen molar-refractivity contribution in [2.75, 3.05) is 0 Å². The molecule has 0 unspecified atom stereocenters. The number of rotatable bonds is 3. The molecule has 0 spiro atoms. The van der Waals surface area contributed by atoms with Crippen LogP contribution in [0.25, 0.3) is 10.9 Å². The Balaban J connectivity index is 1.88. The third kappa shape index (κ3) is 3.12. The van der Waals surface area contributed by atoms with Gasteiger partial charge < -0.3 is 4.74 Å². The zero-order valence-electron chi connectivity index (χ0n) is 11.4. The molecule has 3 aromatic rings. The predicted octanol–water partition coefficient (Wildman–Crippen LogP) is 5.43. The lowest BCUT2D eigenvalue weighted by atomic mass is 10.2. The summed E-state index contributed by atoms with van der Waals surface area (Å²) in [6.45, 7) is 2.33. The molecule has 1 heterocycles. The van der Waals surface area contributed by atoms with Gasteiger partial charge in [0.05, 0.1) is 10.5 Å². The molecular weight excluding hydrogens is 305 g/mol. The highest BCUT2D eigenvalue weighted by molar-refractivity contribution is 6.32. The fraction of sp³-hybridized carbons (Fsp3) is 0.118. The van der Waals surface area contributed by atoms with Crippen LogP contribution < -0.4 is 4.74 Å². The van der Waals surface area contributed by atoms with Crippen molar-refractivity contribution in [2.45, 2.75) is 13.5 Å². The van der Waals surface area contributed by atoms with Gasteiger partial charge in [0.2, 0.25) is 0 Å². The van der Waals surface area contributed by atoms with Crippen LogP contribution in [0.1, 0.15) is 11.1 Å². The largest absolute Gasteiger partial charge is 0.487 e. The molecule has 0 aliphatic carbocycles. The van der Waals surface area contributed by atoms with Crippen LogP contribution in [-0.2, 0) is 6.61 Å². The van der Waals surface area contributed by atoms with E-state index in [4.69, 9.17) is 27.9 Å². The number of hydrogen-bond acceptors (Lipinski definition) is 2. The summed E-state index contributed by atoms with van der Waals surface area (Å²) >= 11 is 12.3. The lowest BCUT2D eigenvalue weighted by Gasteiger charge is -2.10. The van der Waals surface area contributed by atoms with Crippen molar-refractivity contribution in [3.8, 4) is 5.75 Å². The molecule has 2 aromatic carbocycles. The monoisotopic (exact) mass is 317 g/mol. The molecule has 0 bridgehead atoms. The Morgan fingerprint density at radius 2 is 1.86 bits per heavy atom. The van der Waals surface area contributed by atoms with Crippen molar-refractivity contribution in [1.82, 2.24) is 4.98 Å². The Labute approximate surface area is 133 Å². The van der Waals surface area contributed by atoms with E-state index in [2.05, 4.69) is 4.98 Å². The molecule has 0 amide bonds. The second-order valence-corrected chi connectivity index (χ2v) is 5.62. The summed E-state index contributed by atoms with van der Waals surface area (Å²) in [5.74, 6) is 0.654. The van der Waals surface area contributed by atoms with Gasteiger partial charge in [-0.2, -0.15) is 0 Å². The number of aromatic nitrogens is 1. The summed E-state index contributed by atoms with van der Waals surface area (Å²) in [6.07, 6.45) is 0. The van der Waals surface area contributed by atoms with Gasteiger partial charge in [0.15, 0.2) is 0 Å². The maximum Gasteiger partial charge on any atom is 0.138 e. The number of benzene rings is 2. The molecule has 2 nitrogen and oxygen atoms in total. The molecule has 4 heteroatoms. The van der Waals surface area contributed by atoms with Gasteiger partial charge in [-0.3, -0.25) is 0 Å². The summed E-state index contributed by atoms with van der Waals surface area (Å²) in [7, 11) is 0. The molecule has 0 aliphatic rings. The van der Waals surface area contributed by atoms with Crippen molar-refractivity contribution in [3.63, 3.8) is 0 Å². The van der Waals surface area contributed by atoms with Crippen LogP contribution in [0.15, 0.2) is 48.5 Å². The first-order chi connectivity index (χ1) is 10.1. The van der Waals surface area contributed by atoms with Gasteiger partial charge in [0.1, 0.15) is 17.5 Å². The summed E-state index contributed by atoms with van der Waals surface area (Å²) in [4.78, 5) is 4.38. The van der Waals surface area contributed by atoms with Crippen LogP contribution in [-0.4, -0.2) is 4.98 Å². The van der Waals surface area contributed by atoms with E-state index in [1.165, 1.54) is 0 Å². The lowest BCUT2D eigenvalue weighted by Crippen LogP contribution is -1.99. The van der Waals surface area contributed by atoms with E-state index in [1.807, 2.05) is 55.5 Å².